The Bertz CT molecular complexity index is 2840. The van der Waals surface area contributed by atoms with Crippen molar-refractivity contribution in [1.82, 2.24) is 0 Å². The number of rotatable bonds is 8. The number of ether oxygens (including phenoxy) is 2. The zero-order valence-electron chi connectivity index (χ0n) is 34.9. The predicted molar refractivity (Wildman–Crippen MR) is 268 cm³/mol. The molecule has 0 spiro atoms. The van der Waals surface area contributed by atoms with E-state index < -0.39 is 10.8 Å². The average molecular weight is 902 g/mol. The van der Waals surface area contributed by atoms with Gasteiger partial charge in [0.05, 0.1) is 16.2 Å². The van der Waals surface area contributed by atoms with E-state index >= 15 is 0 Å². The van der Waals surface area contributed by atoms with Crippen LogP contribution in [0, 0.1) is 37.0 Å². The Kier molecular flexibility index (Phi) is 12.7. The van der Waals surface area contributed by atoms with E-state index in [-0.39, 0.29) is 29.0 Å². The van der Waals surface area contributed by atoms with Crippen LogP contribution in [0.3, 0.4) is 0 Å². The molecule has 4 nitrogen and oxygen atoms in total. The second kappa shape index (κ2) is 19.0. The topological polar surface area (TPSA) is 58.9 Å². The van der Waals surface area contributed by atoms with Gasteiger partial charge in [0.2, 0.25) is 0 Å². The second-order valence-corrected chi connectivity index (χ2v) is 15.7. The van der Waals surface area contributed by atoms with E-state index in [1.807, 2.05) is 48.5 Å². The molecule has 0 saturated carbocycles. The zero-order chi connectivity index (χ0) is 44.5. The first-order valence-corrected chi connectivity index (χ1v) is 21.8. The lowest BCUT2D eigenvalue weighted by Gasteiger charge is -2.34. The SMILES string of the molecule is C#CCBr.C#CCOc1ccc(C2(c3ccc(OCC#C)cc3)c3ccccc3-c3ccccc32)cc1.Oc1ccc(C2(c3ccc(O)cc3)c3ccccc3-c3ccccc32)cc1.[HH].[HH].[HH]. The minimum absolute atomic E-state index is 0. The van der Waals surface area contributed by atoms with Crippen molar-refractivity contribution in [3.8, 4) is 82.3 Å². The first kappa shape index (κ1) is 42.8. The van der Waals surface area contributed by atoms with Crippen LogP contribution in [0.1, 0.15) is 48.8 Å². The molecule has 2 aliphatic rings. The van der Waals surface area contributed by atoms with Crippen molar-refractivity contribution in [3.05, 3.63) is 239 Å². The third-order valence-corrected chi connectivity index (χ3v) is 12.1. The van der Waals surface area contributed by atoms with Crippen LogP contribution in [0.4, 0.5) is 0 Å². The van der Waals surface area contributed by atoms with Gasteiger partial charge in [-0.25, -0.2) is 0 Å². The standard InChI is InChI=1S/C31H22O2.C25H18O2.C3H3Br.3H2/c1-3-21-32-25-17-13-23(14-18-25)31(24-15-19-26(20-16-24)33-22-4-2)29-11-7-5-9-27(29)28-10-6-8-12-30(28)31;26-19-13-9-17(10-14-19)25(18-11-15-20(27)16-12-18)23-7-3-1-5-21(23)22-6-2-4-8-24(22)25;1-2-3-4;;;/h1-2,5-20H,21-22H2;1-16,26-27H;1H,3H2;3*1H. The minimum atomic E-state index is -0.491. The highest BCUT2D eigenvalue weighted by atomic mass is 79.9. The minimum Gasteiger partial charge on any atom is -0.508 e. The summed E-state index contributed by atoms with van der Waals surface area (Å²) in [6.45, 7) is 0.491. The van der Waals surface area contributed by atoms with Crippen molar-refractivity contribution in [2.45, 2.75) is 10.8 Å². The summed E-state index contributed by atoms with van der Waals surface area (Å²) in [5.41, 5.74) is 13.4. The quantitative estimate of drug-likeness (QED) is 0.118. The highest BCUT2D eigenvalue weighted by molar-refractivity contribution is 9.09. The highest BCUT2D eigenvalue weighted by Crippen LogP contribution is 2.57. The number of aromatic hydroxyl groups is 2. The van der Waals surface area contributed by atoms with Crippen molar-refractivity contribution >= 4 is 15.9 Å². The monoisotopic (exact) mass is 900 g/mol. The Morgan fingerprint density at radius 2 is 0.641 bits per heavy atom. The molecule has 2 N–H and O–H groups in total. The van der Waals surface area contributed by atoms with E-state index in [1.165, 1.54) is 44.5 Å². The van der Waals surface area contributed by atoms with E-state index in [0.29, 0.717) is 5.33 Å². The number of terminal acetylenes is 3. The largest absolute Gasteiger partial charge is 0.508 e. The number of benzene rings is 8. The fourth-order valence-electron chi connectivity index (χ4n) is 9.32. The summed E-state index contributed by atoms with van der Waals surface area (Å²) in [6, 6.07) is 65.6. The lowest BCUT2D eigenvalue weighted by Crippen LogP contribution is -2.28. The number of hydrogen-bond donors (Lipinski definition) is 2. The molecular weight excluding hydrogens is 853 g/mol. The van der Waals surface area contributed by atoms with Crippen LogP contribution in [0.25, 0.3) is 22.3 Å². The van der Waals surface area contributed by atoms with E-state index in [1.54, 1.807) is 24.3 Å². The Morgan fingerprint density at radius 1 is 0.391 bits per heavy atom. The molecule has 8 aromatic carbocycles. The van der Waals surface area contributed by atoms with Crippen molar-refractivity contribution in [2.75, 3.05) is 18.5 Å². The smallest absolute Gasteiger partial charge is 0.148 e. The molecule has 0 aromatic heterocycles. The number of phenols is 2. The summed E-state index contributed by atoms with van der Waals surface area (Å²) in [7, 11) is 0. The Morgan fingerprint density at radius 3 is 0.891 bits per heavy atom. The molecule has 0 radical (unpaired) electrons. The number of fused-ring (bicyclic) bond motifs is 6. The maximum atomic E-state index is 9.85. The molecule has 0 saturated heterocycles. The van der Waals surface area contributed by atoms with Crippen LogP contribution in [-0.2, 0) is 10.8 Å². The molecule has 0 amide bonds. The Balaban J connectivity index is 0.000000226. The summed E-state index contributed by atoms with van der Waals surface area (Å²) in [5, 5.41) is 20.4. The van der Waals surface area contributed by atoms with Gasteiger partial charge < -0.3 is 19.7 Å². The average Bonchev–Trinajstić information content (AvgIpc) is 3.82. The molecule has 0 fully saturated rings. The van der Waals surface area contributed by atoms with Crippen LogP contribution in [0.15, 0.2) is 194 Å². The van der Waals surface area contributed by atoms with Crippen molar-refractivity contribution in [1.29, 1.82) is 0 Å². The van der Waals surface area contributed by atoms with Gasteiger partial charge in [0, 0.05) is 4.28 Å². The molecule has 0 atom stereocenters. The zero-order valence-corrected chi connectivity index (χ0v) is 36.5. The van der Waals surface area contributed by atoms with E-state index in [0.717, 1.165) is 33.8 Å². The van der Waals surface area contributed by atoms with E-state index in [2.05, 4.69) is 155 Å². The maximum absolute atomic E-state index is 9.85. The molecule has 64 heavy (non-hydrogen) atoms. The molecule has 0 aliphatic heterocycles. The fraction of sp³-hybridized carbons (Fsp3) is 0.0847. The summed E-state index contributed by atoms with van der Waals surface area (Å²) in [5.74, 6) is 9.39. The number of alkyl halides is 1. The summed E-state index contributed by atoms with van der Waals surface area (Å²) < 4.78 is 11.3. The van der Waals surface area contributed by atoms with Gasteiger partial charge in [-0.1, -0.05) is 179 Å². The highest BCUT2D eigenvalue weighted by Gasteiger charge is 2.47. The third kappa shape index (κ3) is 7.67. The Hall–Kier alpha value is -7.88. The van der Waals surface area contributed by atoms with Gasteiger partial charge in [0.25, 0.3) is 0 Å². The van der Waals surface area contributed by atoms with Gasteiger partial charge in [-0.2, -0.15) is 0 Å². The van der Waals surface area contributed by atoms with Gasteiger partial charge in [-0.3, -0.25) is 0 Å². The summed E-state index contributed by atoms with van der Waals surface area (Å²) in [4.78, 5) is 0. The van der Waals surface area contributed by atoms with Gasteiger partial charge in [-0.05, 0) is 115 Å². The lowest BCUT2D eigenvalue weighted by atomic mass is 9.68. The molecule has 316 valence electrons. The molecule has 8 aromatic rings. The van der Waals surface area contributed by atoms with Crippen LogP contribution in [-0.4, -0.2) is 28.8 Å². The summed E-state index contributed by atoms with van der Waals surface area (Å²) >= 11 is 3.01. The lowest BCUT2D eigenvalue weighted by molar-refractivity contribution is 0.370. The fourth-order valence-corrected chi connectivity index (χ4v) is 9.32. The van der Waals surface area contributed by atoms with Crippen LogP contribution >= 0.6 is 15.9 Å². The first-order valence-electron chi connectivity index (χ1n) is 20.7. The van der Waals surface area contributed by atoms with Crippen LogP contribution < -0.4 is 9.47 Å². The van der Waals surface area contributed by atoms with Gasteiger partial charge in [0.15, 0.2) is 0 Å². The van der Waals surface area contributed by atoms with Gasteiger partial charge in [-0.15, -0.1) is 19.3 Å². The Labute approximate surface area is 388 Å². The second-order valence-electron chi connectivity index (χ2n) is 15.1. The molecule has 10 rings (SSSR count). The maximum Gasteiger partial charge on any atom is 0.148 e. The van der Waals surface area contributed by atoms with E-state index in [9.17, 15) is 10.2 Å². The summed E-state index contributed by atoms with van der Waals surface area (Å²) in [6.07, 6.45) is 15.4. The van der Waals surface area contributed by atoms with Gasteiger partial charge >= 0.3 is 0 Å². The van der Waals surface area contributed by atoms with Gasteiger partial charge in [0.1, 0.15) is 36.2 Å². The first-order chi connectivity index (χ1) is 31.4. The molecule has 5 heteroatoms. The third-order valence-electron chi connectivity index (χ3n) is 11.8. The molecule has 0 bridgehead atoms. The number of hydrogen-bond acceptors (Lipinski definition) is 4. The van der Waals surface area contributed by atoms with Crippen molar-refractivity contribution < 1.29 is 24.0 Å². The number of halogens is 1. The molecule has 0 heterocycles. The van der Waals surface area contributed by atoms with Crippen molar-refractivity contribution in [2.24, 2.45) is 0 Å². The van der Waals surface area contributed by atoms with Crippen molar-refractivity contribution in [3.63, 3.8) is 0 Å². The molecule has 2 aliphatic carbocycles. The molecule has 0 unspecified atom stereocenters. The van der Waals surface area contributed by atoms with Crippen LogP contribution in [0.2, 0.25) is 0 Å². The normalized spacial score (nSPS) is 12.7. The predicted octanol–water partition coefficient (Wildman–Crippen LogP) is 13.3. The van der Waals surface area contributed by atoms with E-state index in [4.69, 9.17) is 28.7 Å². The molecular formula is C59H49BrO4. The number of phenolic OH excluding ortho intramolecular Hbond substituents is 2. The van der Waals surface area contributed by atoms with Crippen LogP contribution in [0.5, 0.6) is 23.0 Å².